The minimum Gasteiger partial charge on any atom is -0.483 e. The Morgan fingerprint density at radius 2 is 1.81 bits per heavy atom. The highest BCUT2D eigenvalue weighted by Gasteiger charge is 2.26. The predicted molar refractivity (Wildman–Crippen MR) is 123 cm³/mol. The first kappa shape index (κ1) is 24.9. The van der Waals surface area contributed by atoms with Gasteiger partial charge in [-0.05, 0) is 71.1 Å². The third kappa shape index (κ3) is 7.65. The number of ether oxygens (including phenoxy) is 1. The van der Waals surface area contributed by atoms with Crippen LogP contribution in [0.15, 0.2) is 46.9 Å². The van der Waals surface area contributed by atoms with E-state index in [1.807, 2.05) is 25.1 Å². The van der Waals surface area contributed by atoms with E-state index < -0.39 is 6.04 Å². The number of benzene rings is 2. The predicted octanol–water partition coefficient (Wildman–Crippen LogP) is 4.86. The molecule has 2 aromatic carbocycles. The molecule has 0 aliphatic carbocycles. The summed E-state index contributed by atoms with van der Waals surface area (Å²) in [5.74, 6) is -0.339. The van der Waals surface area contributed by atoms with Crippen LogP contribution < -0.4 is 10.1 Å². The van der Waals surface area contributed by atoms with Crippen molar-refractivity contribution in [2.24, 2.45) is 0 Å². The summed E-state index contributed by atoms with van der Waals surface area (Å²) in [6, 6.07) is 10.9. The third-order valence-electron chi connectivity index (χ3n) is 5.02. The van der Waals surface area contributed by atoms with E-state index in [-0.39, 0.29) is 30.8 Å². The van der Waals surface area contributed by atoms with E-state index in [0.29, 0.717) is 12.3 Å². The molecule has 2 aromatic rings. The SMILES string of the molecule is CCCCNC(=O)[C@@H](C)N(Cc1ccc(F)cc1)C(=O)COc1ccc(CC)cc1Br. The normalized spacial score (nSPS) is 11.6. The zero-order chi connectivity index (χ0) is 22.8. The second kappa shape index (κ2) is 12.4. The minimum atomic E-state index is -0.691. The summed E-state index contributed by atoms with van der Waals surface area (Å²) in [6.45, 7) is 6.33. The first-order chi connectivity index (χ1) is 14.8. The fourth-order valence-corrected chi connectivity index (χ4v) is 3.55. The van der Waals surface area contributed by atoms with E-state index in [2.05, 4.69) is 28.2 Å². The molecule has 0 saturated heterocycles. The topological polar surface area (TPSA) is 58.6 Å². The molecule has 0 fully saturated rings. The lowest BCUT2D eigenvalue weighted by Gasteiger charge is -2.29. The largest absolute Gasteiger partial charge is 0.483 e. The lowest BCUT2D eigenvalue weighted by molar-refractivity contribution is -0.142. The average molecular weight is 493 g/mol. The number of hydrogen-bond donors (Lipinski definition) is 1. The quantitative estimate of drug-likeness (QED) is 0.455. The van der Waals surface area contributed by atoms with Crippen LogP contribution in [0.2, 0.25) is 0 Å². The standard InChI is InChI=1S/C24H30BrFN2O3/c1-4-6-13-27-24(30)17(3)28(15-19-7-10-20(26)11-8-19)23(29)16-31-22-12-9-18(5-2)14-21(22)25/h7-12,14,17H,4-6,13,15-16H2,1-3H3,(H,27,30)/t17-/m1/s1. The Bertz CT molecular complexity index is 874. The van der Waals surface area contributed by atoms with Crippen molar-refractivity contribution in [2.45, 2.75) is 52.6 Å². The van der Waals surface area contributed by atoms with Gasteiger partial charge in [0.25, 0.3) is 5.91 Å². The number of hydrogen-bond acceptors (Lipinski definition) is 3. The molecule has 0 aliphatic heterocycles. The summed E-state index contributed by atoms with van der Waals surface area (Å²) in [4.78, 5) is 27.1. The van der Waals surface area contributed by atoms with Crippen LogP contribution in [0, 0.1) is 5.82 Å². The highest BCUT2D eigenvalue weighted by Crippen LogP contribution is 2.26. The molecule has 0 unspecified atom stereocenters. The van der Waals surface area contributed by atoms with Crippen LogP contribution in [0.5, 0.6) is 5.75 Å². The van der Waals surface area contributed by atoms with E-state index in [0.717, 1.165) is 34.9 Å². The van der Waals surface area contributed by atoms with Gasteiger partial charge in [-0.25, -0.2) is 4.39 Å². The van der Waals surface area contributed by atoms with Gasteiger partial charge >= 0.3 is 0 Å². The van der Waals surface area contributed by atoms with Gasteiger partial charge in [0.15, 0.2) is 6.61 Å². The van der Waals surface area contributed by atoms with Crippen molar-refractivity contribution in [2.75, 3.05) is 13.2 Å². The smallest absolute Gasteiger partial charge is 0.261 e. The molecule has 5 nitrogen and oxygen atoms in total. The molecule has 2 amide bonds. The summed E-state index contributed by atoms with van der Waals surface area (Å²) in [6.07, 6.45) is 2.73. The number of unbranched alkanes of at least 4 members (excludes halogenated alkanes) is 1. The molecule has 1 N–H and O–H groups in total. The van der Waals surface area contributed by atoms with Crippen LogP contribution in [0.4, 0.5) is 4.39 Å². The molecular weight excluding hydrogens is 463 g/mol. The second-order valence-corrected chi connectivity index (χ2v) is 8.23. The van der Waals surface area contributed by atoms with Crippen LogP contribution >= 0.6 is 15.9 Å². The molecule has 0 saturated carbocycles. The van der Waals surface area contributed by atoms with Crippen molar-refractivity contribution in [3.8, 4) is 5.75 Å². The van der Waals surface area contributed by atoms with Gasteiger partial charge < -0.3 is 15.0 Å². The van der Waals surface area contributed by atoms with E-state index in [4.69, 9.17) is 4.74 Å². The summed E-state index contributed by atoms with van der Waals surface area (Å²) in [5, 5.41) is 2.87. The molecule has 168 valence electrons. The number of rotatable bonds is 11. The molecule has 0 radical (unpaired) electrons. The van der Waals surface area contributed by atoms with Gasteiger partial charge in [-0.15, -0.1) is 0 Å². The monoisotopic (exact) mass is 492 g/mol. The molecule has 0 aromatic heterocycles. The van der Waals surface area contributed by atoms with E-state index in [1.54, 1.807) is 19.1 Å². The Morgan fingerprint density at radius 1 is 1.13 bits per heavy atom. The summed E-state index contributed by atoms with van der Waals surface area (Å²) in [5.41, 5.74) is 1.89. The Kier molecular flexibility index (Phi) is 9.98. The van der Waals surface area contributed by atoms with Gasteiger partial charge in [0.1, 0.15) is 17.6 Å². The molecule has 0 aliphatic rings. The molecular formula is C24H30BrFN2O3. The van der Waals surface area contributed by atoms with Gasteiger partial charge in [0, 0.05) is 13.1 Å². The number of carbonyl (C=O) groups is 2. The number of carbonyl (C=O) groups excluding carboxylic acids is 2. The number of nitrogens with zero attached hydrogens (tertiary/aromatic N) is 1. The molecule has 0 spiro atoms. The molecule has 1 atom stereocenters. The molecule has 7 heteroatoms. The summed E-state index contributed by atoms with van der Waals surface area (Å²) < 4.78 is 19.8. The fraction of sp³-hybridized carbons (Fsp3) is 0.417. The maximum Gasteiger partial charge on any atom is 0.261 e. The number of amides is 2. The van der Waals surface area contributed by atoms with Crippen LogP contribution in [0.3, 0.4) is 0 Å². The van der Waals surface area contributed by atoms with E-state index >= 15 is 0 Å². The summed E-state index contributed by atoms with van der Waals surface area (Å²) >= 11 is 3.47. The van der Waals surface area contributed by atoms with Crippen LogP contribution in [-0.2, 0) is 22.6 Å². The zero-order valence-electron chi connectivity index (χ0n) is 18.3. The average Bonchev–Trinajstić information content (AvgIpc) is 2.77. The van der Waals surface area contributed by atoms with Gasteiger partial charge in [0.2, 0.25) is 5.91 Å². The van der Waals surface area contributed by atoms with Gasteiger partial charge in [-0.2, -0.15) is 0 Å². The minimum absolute atomic E-state index is 0.181. The van der Waals surface area contributed by atoms with Crippen molar-refractivity contribution < 1.29 is 18.7 Å². The maximum absolute atomic E-state index is 13.3. The van der Waals surface area contributed by atoms with Crippen LogP contribution in [0.1, 0.15) is 44.7 Å². The second-order valence-electron chi connectivity index (χ2n) is 7.38. The first-order valence-electron chi connectivity index (χ1n) is 10.6. The van der Waals surface area contributed by atoms with Crippen molar-refractivity contribution in [3.63, 3.8) is 0 Å². The van der Waals surface area contributed by atoms with Gasteiger partial charge in [-0.3, -0.25) is 9.59 Å². The highest BCUT2D eigenvalue weighted by molar-refractivity contribution is 9.10. The molecule has 2 rings (SSSR count). The lowest BCUT2D eigenvalue weighted by Crippen LogP contribution is -2.49. The fourth-order valence-electron chi connectivity index (χ4n) is 3.01. The molecule has 0 heterocycles. The molecule has 31 heavy (non-hydrogen) atoms. The summed E-state index contributed by atoms with van der Waals surface area (Å²) in [7, 11) is 0. The van der Waals surface area contributed by atoms with Crippen molar-refractivity contribution in [1.29, 1.82) is 0 Å². The van der Waals surface area contributed by atoms with E-state index in [9.17, 15) is 14.0 Å². The third-order valence-corrected chi connectivity index (χ3v) is 5.64. The van der Waals surface area contributed by atoms with Crippen molar-refractivity contribution in [3.05, 3.63) is 63.9 Å². The van der Waals surface area contributed by atoms with Gasteiger partial charge in [0.05, 0.1) is 4.47 Å². The number of aryl methyl sites for hydroxylation is 1. The number of nitrogens with one attached hydrogen (secondary N) is 1. The first-order valence-corrected chi connectivity index (χ1v) is 11.4. The Morgan fingerprint density at radius 3 is 2.42 bits per heavy atom. The Hall–Kier alpha value is -2.41. The van der Waals surface area contributed by atoms with E-state index in [1.165, 1.54) is 17.0 Å². The Balaban J connectivity index is 2.12. The van der Waals surface area contributed by atoms with Crippen molar-refractivity contribution in [1.82, 2.24) is 10.2 Å². The highest BCUT2D eigenvalue weighted by atomic mass is 79.9. The Labute approximate surface area is 192 Å². The van der Waals surface area contributed by atoms with Crippen LogP contribution in [0.25, 0.3) is 0 Å². The van der Waals surface area contributed by atoms with Gasteiger partial charge in [-0.1, -0.05) is 38.5 Å². The maximum atomic E-state index is 13.3. The van der Waals surface area contributed by atoms with Crippen LogP contribution in [-0.4, -0.2) is 35.9 Å². The van der Waals surface area contributed by atoms with Crippen molar-refractivity contribution >= 4 is 27.7 Å². The number of halogens is 2. The lowest BCUT2D eigenvalue weighted by atomic mass is 10.1. The zero-order valence-corrected chi connectivity index (χ0v) is 19.9. The molecule has 0 bridgehead atoms.